The molecule has 0 unspecified atom stereocenters. The van der Waals surface area contributed by atoms with Crippen LogP contribution >= 0.6 is 0 Å². The van der Waals surface area contributed by atoms with Crippen LogP contribution in [0.25, 0.3) is 0 Å². The van der Waals surface area contributed by atoms with Crippen LogP contribution in [0.5, 0.6) is 0 Å². The van der Waals surface area contributed by atoms with E-state index in [1.54, 1.807) is 5.19 Å². The van der Waals surface area contributed by atoms with E-state index in [1.807, 2.05) is 0 Å². The molecule has 0 radical (unpaired) electrons. The van der Waals surface area contributed by atoms with Gasteiger partial charge in [0.25, 0.3) is 0 Å². The molecule has 0 aliphatic heterocycles. The minimum absolute atomic E-state index is 0.766. The topological polar surface area (TPSA) is 3.24 Å². The second-order valence-electron chi connectivity index (χ2n) is 7.50. The molecular formula is C17H29NSi. The van der Waals surface area contributed by atoms with Gasteiger partial charge in [0.2, 0.25) is 0 Å². The van der Waals surface area contributed by atoms with Crippen molar-refractivity contribution < 1.29 is 0 Å². The maximum Gasteiger partial charge on any atom is 0.0775 e. The van der Waals surface area contributed by atoms with Crippen LogP contribution in [0.4, 0.5) is 0 Å². The van der Waals surface area contributed by atoms with E-state index < -0.39 is 8.07 Å². The summed E-state index contributed by atoms with van der Waals surface area (Å²) in [5, 5.41) is 1.57. The molecule has 0 saturated heterocycles. The first kappa shape index (κ1) is 14.8. The minimum atomic E-state index is -1.15. The average molecular weight is 276 g/mol. The summed E-state index contributed by atoms with van der Waals surface area (Å²) < 4.78 is 0. The smallest absolute Gasteiger partial charge is 0.0775 e. The van der Waals surface area contributed by atoms with Crippen LogP contribution in [-0.4, -0.2) is 25.6 Å². The second kappa shape index (κ2) is 5.80. The Bertz CT molecular complexity index is 398. The number of hydrogen-bond donors (Lipinski definition) is 0. The van der Waals surface area contributed by atoms with Crippen LogP contribution in [0, 0.1) is 5.92 Å². The fourth-order valence-corrected chi connectivity index (χ4v) is 3.76. The molecule has 2 rings (SSSR count). The summed E-state index contributed by atoms with van der Waals surface area (Å²) in [5.74, 6) is 0.766. The van der Waals surface area contributed by atoms with Gasteiger partial charge < -0.3 is 0 Å². The quantitative estimate of drug-likeness (QED) is 0.713. The standard InChI is InChI=1S/C17H29NSi/c1-14(2)12-18(16-8-9-16)13-15-6-10-17(11-7-15)19(3,4)5/h6-7,10-11,14,16H,8-9,12-13H2,1-5H3. The molecular weight excluding hydrogens is 246 g/mol. The highest BCUT2D eigenvalue weighted by atomic mass is 28.3. The molecule has 0 amide bonds. The molecule has 1 saturated carbocycles. The van der Waals surface area contributed by atoms with E-state index >= 15 is 0 Å². The Morgan fingerprint density at radius 1 is 1.11 bits per heavy atom. The molecule has 2 heteroatoms. The molecule has 1 aromatic carbocycles. The van der Waals surface area contributed by atoms with Gasteiger partial charge in [-0.25, -0.2) is 0 Å². The fourth-order valence-electron chi connectivity index (χ4n) is 2.60. The van der Waals surface area contributed by atoms with Crippen molar-refractivity contribution in [3.05, 3.63) is 29.8 Å². The van der Waals surface area contributed by atoms with Crippen molar-refractivity contribution in [2.24, 2.45) is 5.92 Å². The van der Waals surface area contributed by atoms with Crippen molar-refractivity contribution >= 4 is 13.3 Å². The third-order valence-electron chi connectivity index (χ3n) is 3.87. The number of nitrogens with zero attached hydrogens (tertiary/aromatic N) is 1. The molecule has 0 heterocycles. The van der Waals surface area contributed by atoms with Gasteiger partial charge in [-0.05, 0) is 24.3 Å². The Hall–Kier alpha value is -0.603. The van der Waals surface area contributed by atoms with Crippen molar-refractivity contribution in [2.45, 2.75) is 58.9 Å². The third-order valence-corrected chi connectivity index (χ3v) is 5.93. The molecule has 106 valence electrons. The van der Waals surface area contributed by atoms with Crippen molar-refractivity contribution in [1.82, 2.24) is 4.90 Å². The summed E-state index contributed by atoms with van der Waals surface area (Å²) in [4.78, 5) is 2.67. The summed E-state index contributed by atoms with van der Waals surface area (Å²) in [5.41, 5.74) is 1.48. The van der Waals surface area contributed by atoms with Gasteiger partial charge in [-0.1, -0.05) is 62.9 Å². The van der Waals surface area contributed by atoms with Gasteiger partial charge in [-0.3, -0.25) is 4.90 Å². The van der Waals surface area contributed by atoms with Crippen molar-refractivity contribution in [1.29, 1.82) is 0 Å². The summed E-state index contributed by atoms with van der Waals surface area (Å²) in [6.45, 7) is 14.3. The monoisotopic (exact) mass is 275 g/mol. The van der Waals surface area contributed by atoms with Crippen LogP contribution in [0.3, 0.4) is 0 Å². The van der Waals surface area contributed by atoms with Crippen molar-refractivity contribution in [3.8, 4) is 0 Å². The lowest BCUT2D eigenvalue weighted by molar-refractivity contribution is 0.226. The van der Waals surface area contributed by atoms with Gasteiger partial charge in [-0.2, -0.15) is 0 Å². The highest BCUT2D eigenvalue weighted by molar-refractivity contribution is 6.88. The Balaban J connectivity index is 2.01. The van der Waals surface area contributed by atoms with Gasteiger partial charge in [0.05, 0.1) is 8.07 Å². The molecule has 0 aromatic heterocycles. The fraction of sp³-hybridized carbons (Fsp3) is 0.647. The van der Waals surface area contributed by atoms with Gasteiger partial charge in [-0.15, -0.1) is 0 Å². The number of benzene rings is 1. The molecule has 1 fully saturated rings. The average Bonchev–Trinajstić information content (AvgIpc) is 3.10. The van der Waals surface area contributed by atoms with E-state index in [1.165, 1.54) is 24.9 Å². The maximum absolute atomic E-state index is 2.67. The highest BCUT2D eigenvalue weighted by Crippen LogP contribution is 2.28. The van der Waals surface area contributed by atoms with Crippen LogP contribution < -0.4 is 5.19 Å². The maximum atomic E-state index is 2.67. The lowest BCUT2D eigenvalue weighted by Gasteiger charge is -2.24. The number of rotatable bonds is 6. The van der Waals surface area contributed by atoms with Gasteiger partial charge in [0, 0.05) is 19.1 Å². The van der Waals surface area contributed by atoms with E-state index in [2.05, 4.69) is 62.7 Å². The molecule has 0 bridgehead atoms. The molecule has 1 aromatic rings. The molecule has 0 N–H and O–H groups in total. The highest BCUT2D eigenvalue weighted by Gasteiger charge is 2.29. The Morgan fingerprint density at radius 2 is 1.68 bits per heavy atom. The summed E-state index contributed by atoms with van der Waals surface area (Å²) in [6, 6.07) is 10.3. The zero-order chi connectivity index (χ0) is 14.0. The van der Waals surface area contributed by atoms with Gasteiger partial charge in [0.15, 0.2) is 0 Å². The molecule has 1 nitrogen and oxygen atoms in total. The zero-order valence-electron chi connectivity index (χ0n) is 13.2. The predicted octanol–water partition coefficient (Wildman–Crippen LogP) is 3.85. The Labute approximate surface area is 120 Å². The summed E-state index contributed by atoms with van der Waals surface area (Å²) >= 11 is 0. The van der Waals surface area contributed by atoms with Gasteiger partial charge in [0.1, 0.15) is 0 Å². The Kier molecular flexibility index (Phi) is 4.52. The summed E-state index contributed by atoms with van der Waals surface area (Å²) in [7, 11) is -1.15. The molecule has 19 heavy (non-hydrogen) atoms. The zero-order valence-corrected chi connectivity index (χ0v) is 14.2. The minimum Gasteiger partial charge on any atom is -0.296 e. The lowest BCUT2D eigenvalue weighted by Crippen LogP contribution is -2.37. The molecule has 1 aliphatic carbocycles. The SMILES string of the molecule is CC(C)CN(Cc1ccc([Si](C)(C)C)cc1)C1CC1. The van der Waals surface area contributed by atoms with Crippen LogP contribution in [0.15, 0.2) is 24.3 Å². The first-order chi connectivity index (χ1) is 8.86. The molecule has 0 spiro atoms. The van der Waals surface area contributed by atoms with E-state index in [-0.39, 0.29) is 0 Å². The van der Waals surface area contributed by atoms with Crippen LogP contribution in [-0.2, 0) is 6.54 Å². The van der Waals surface area contributed by atoms with E-state index in [4.69, 9.17) is 0 Å². The largest absolute Gasteiger partial charge is 0.296 e. The molecule has 0 atom stereocenters. The van der Waals surface area contributed by atoms with Crippen LogP contribution in [0.1, 0.15) is 32.3 Å². The lowest BCUT2D eigenvalue weighted by atomic mass is 10.1. The summed E-state index contributed by atoms with van der Waals surface area (Å²) in [6.07, 6.45) is 2.80. The third kappa shape index (κ3) is 4.46. The van der Waals surface area contributed by atoms with Crippen molar-refractivity contribution in [2.75, 3.05) is 6.54 Å². The van der Waals surface area contributed by atoms with E-state index in [0.29, 0.717) is 0 Å². The normalized spacial score (nSPS) is 16.4. The van der Waals surface area contributed by atoms with Gasteiger partial charge >= 0.3 is 0 Å². The predicted molar refractivity (Wildman–Crippen MR) is 87.7 cm³/mol. The second-order valence-corrected chi connectivity index (χ2v) is 12.6. The first-order valence-electron chi connectivity index (χ1n) is 7.70. The van der Waals surface area contributed by atoms with E-state index in [9.17, 15) is 0 Å². The van der Waals surface area contributed by atoms with E-state index in [0.717, 1.165) is 18.5 Å². The first-order valence-corrected chi connectivity index (χ1v) is 11.2. The van der Waals surface area contributed by atoms with Crippen LogP contribution in [0.2, 0.25) is 19.6 Å². The number of hydrogen-bond acceptors (Lipinski definition) is 1. The van der Waals surface area contributed by atoms with Crippen molar-refractivity contribution in [3.63, 3.8) is 0 Å². The molecule has 1 aliphatic rings. The Morgan fingerprint density at radius 3 is 2.11 bits per heavy atom.